The molecule has 0 saturated heterocycles. The van der Waals surface area contributed by atoms with Gasteiger partial charge in [0.15, 0.2) is 0 Å². The molecule has 0 spiro atoms. The molecule has 0 aliphatic heterocycles. The summed E-state index contributed by atoms with van der Waals surface area (Å²) >= 11 is 0. The van der Waals surface area contributed by atoms with Crippen molar-refractivity contribution >= 4 is 51.7 Å². The zero-order chi connectivity index (χ0) is 42.1. The number of carbonyl (C=O) groups is 4. The van der Waals surface area contributed by atoms with E-state index in [-0.39, 0.29) is 24.7 Å². The van der Waals surface area contributed by atoms with Crippen LogP contribution in [0.15, 0.2) is 132 Å². The minimum Gasteiger partial charge on any atom is -0.497 e. The van der Waals surface area contributed by atoms with Crippen molar-refractivity contribution in [2.45, 2.75) is 38.0 Å². The molecule has 0 fully saturated rings. The molecule has 14 nitrogen and oxygen atoms in total. The molecule has 0 aliphatic rings. The summed E-state index contributed by atoms with van der Waals surface area (Å²) in [5, 5.41) is 5.71. The first-order valence-corrected chi connectivity index (χ1v) is 18.9. The highest BCUT2D eigenvalue weighted by Gasteiger charge is 2.29. The minimum atomic E-state index is -0.993. The molecule has 304 valence electrons. The van der Waals surface area contributed by atoms with Crippen molar-refractivity contribution in [2.24, 2.45) is 0 Å². The Bertz CT molecular complexity index is 2470. The number of rotatable bonds is 16. The number of ether oxygens (including phenoxy) is 2. The number of fused-ring (bicyclic) bond motifs is 1. The van der Waals surface area contributed by atoms with Gasteiger partial charge < -0.3 is 35.6 Å². The molecule has 0 bridgehead atoms. The summed E-state index contributed by atoms with van der Waals surface area (Å²) in [6, 6.07) is 35.2. The summed E-state index contributed by atoms with van der Waals surface area (Å²) in [6.45, 7) is -0.930. The number of likely N-dealkylation sites (N-methyl/N-ethyl adjacent to an activating group) is 2. The number of nitrogen functional groups attached to an aromatic ring is 1. The first kappa shape index (κ1) is 41.3. The lowest BCUT2D eigenvalue weighted by Gasteiger charge is -2.25. The Labute approximate surface area is 341 Å². The third-order valence-corrected chi connectivity index (χ3v) is 10.1. The standard InChI is InChI=1S/C45H47N7O7/c1-49(33-16-20-35(58-3)21-17-33)43(55)37(25-30-11-7-5-8-12-30)47-41(53)28-51-39-24-15-32(46)27-40(39)52(45(51)57)29-42(54)48-38(26-31-13-9-6-10-14-31)44(56)50(2)34-18-22-36(59-4)23-19-34/h5-24,27,37-38H,25-26,28-29,46H2,1-4H3,(H,47,53)(H,48,54)/t37-,38-/m0/s1. The van der Waals surface area contributed by atoms with Crippen LogP contribution in [0, 0.1) is 0 Å². The molecule has 6 aromatic rings. The van der Waals surface area contributed by atoms with Gasteiger partial charge in [0.2, 0.25) is 23.6 Å². The second-order valence-electron chi connectivity index (χ2n) is 14.0. The van der Waals surface area contributed by atoms with Gasteiger partial charge in [-0.05, 0) is 77.9 Å². The van der Waals surface area contributed by atoms with E-state index in [4.69, 9.17) is 15.2 Å². The molecule has 0 radical (unpaired) electrons. The summed E-state index contributed by atoms with van der Waals surface area (Å²) in [5.74, 6) is -0.690. The van der Waals surface area contributed by atoms with Gasteiger partial charge in [0.25, 0.3) is 0 Å². The third kappa shape index (κ3) is 9.97. The van der Waals surface area contributed by atoms with Gasteiger partial charge in [0, 0.05) is 44.0 Å². The first-order valence-electron chi connectivity index (χ1n) is 18.9. The van der Waals surface area contributed by atoms with Crippen LogP contribution in [0.25, 0.3) is 11.0 Å². The van der Waals surface area contributed by atoms with Crippen molar-refractivity contribution in [2.75, 3.05) is 43.8 Å². The summed E-state index contributed by atoms with van der Waals surface area (Å²) in [7, 11) is 6.35. The molecule has 0 unspecified atom stereocenters. The van der Waals surface area contributed by atoms with Gasteiger partial charge in [-0.2, -0.15) is 0 Å². The topological polar surface area (TPSA) is 170 Å². The average molecular weight is 798 g/mol. The maximum absolute atomic E-state index is 14.1. The fourth-order valence-electron chi connectivity index (χ4n) is 6.84. The lowest BCUT2D eigenvalue weighted by Crippen LogP contribution is -2.50. The number of hydrogen-bond acceptors (Lipinski definition) is 8. The minimum absolute atomic E-state index is 0.187. The second-order valence-corrected chi connectivity index (χ2v) is 14.0. The van der Waals surface area contributed by atoms with E-state index in [1.54, 1.807) is 95.0 Å². The summed E-state index contributed by atoms with van der Waals surface area (Å²) in [4.78, 5) is 72.7. The molecule has 0 saturated carbocycles. The van der Waals surface area contributed by atoms with Gasteiger partial charge in [-0.1, -0.05) is 60.7 Å². The molecule has 2 atom stereocenters. The van der Waals surface area contributed by atoms with Crippen LogP contribution in [0.3, 0.4) is 0 Å². The third-order valence-electron chi connectivity index (χ3n) is 10.1. The van der Waals surface area contributed by atoms with Crippen LogP contribution in [-0.4, -0.2) is 73.2 Å². The molecule has 1 heterocycles. The highest BCUT2D eigenvalue weighted by Crippen LogP contribution is 2.22. The number of benzene rings is 5. The summed E-state index contributed by atoms with van der Waals surface area (Å²) < 4.78 is 13.0. The normalized spacial score (nSPS) is 11.9. The van der Waals surface area contributed by atoms with Crippen LogP contribution < -0.4 is 41.3 Å². The number of nitrogens with one attached hydrogen (secondary N) is 2. The molecule has 59 heavy (non-hydrogen) atoms. The largest absolute Gasteiger partial charge is 0.497 e. The predicted octanol–water partition coefficient (Wildman–Crippen LogP) is 4.18. The molecular formula is C45H47N7O7. The van der Waals surface area contributed by atoms with Crippen LogP contribution in [0.2, 0.25) is 0 Å². The number of nitrogens with two attached hydrogens (primary N) is 1. The number of methoxy groups -OCH3 is 2. The lowest BCUT2D eigenvalue weighted by molar-refractivity contribution is -0.128. The molecule has 4 amide bonds. The van der Waals surface area contributed by atoms with Crippen LogP contribution in [-0.2, 0) is 45.1 Å². The van der Waals surface area contributed by atoms with Crippen molar-refractivity contribution in [1.82, 2.24) is 19.8 Å². The van der Waals surface area contributed by atoms with Crippen molar-refractivity contribution in [3.8, 4) is 11.5 Å². The molecule has 4 N–H and O–H groups in total. The van der Waals surface area contributed by atoms with Crippen LogP contribution in [0.4, 0.5) is 17.1 Å². The van der Waals surface area contributed by atoms with Gasteiger partial charge in [-0.25, -0.2) is 4.79 Å². The average Bonchev–Trinajstić information content (AvgIpc) is 3.50. The zero-order valence-corrected chi connectivity index (χ0v) is 33.3. The number of imidazole rings is 1. The Kier molecular flexibility index (Phi) is 13.1. The Morgan fingerprint density at radius 3 is 1.41 bits per heavy atom. The zero-order valence-electron chi connectivity index (χ0n) is 33.3. The van der Waals surface area contributed by atoms with Gasteiger partial charge in [0.1, 0.15) is 36.7 Å². The first-order chi connectivity index (χ1) is 28.4. The van der Waals surface area contributed by atoms with E-state index in [1.807, 2.05) is 60.7 Å². The summed E-state index contributed by atoms with van der Waals surface area (Å²) in [6.07, 6.45) is 0.377. The molecule has 1 aromatic heterocycles. The Hall–Kier alpha value is -7.35. The Morgan fingerprint density at radius 2 is 1.00 bits per heavy atom. The van der Waals surface area contributed by atoms with Crippen molar-refractivity contribution in [3.63, 3.8) is 0 Å². The number of hydrogen-bond donors (Lipinski definition) is 3. The molecular weight excluding hydrogens is 751 g/mol. The Morgan fingerprint density at radius 1 is 0.593 bits per heavy atom. The quantitative estimate of drug-likeness (QED) is 0.123. The highest BCUT2D eigenvalue weighted by molar-refractivity contribution is 6.00. The lowest BCUT2D eigenvalue weighted by atomic mass is 10.0. The maximum Gasteiger partial charge on any atom is 0.330 e. The predicted molar refractivity (Wildman–Crippen MR) is 228 cm³/mol. The van der Waals surface area contributed by atoms with E-state index >= 15 is 0 Å². The van der Waals surface area contributed by atoms with E-state index in [2.05, 4.69) is 10.6 Å². The summed E-state index contributed by atoms with van der Waals surface area (Å²) in [5.41, 5.74) is 9.33. The van der Waals surface area contributed by atoms with E-state index in [0.717, 1.165) is 11.1 Å². The smallest absolute Gasteiger partial charge is 0.330 e. The van der Waals surface area contributed by atoms with Gasteiger partial charge in [0.05, 0.1) is 25.3 Å². The van der Waals surface area contributed by atoms with E-state index in [9.17, 15) is 24.0 Å². The number of carbonyl (C=O) groups excluding carboxylic acids is 4. The number of aromatic nitrogens is 2. The highest BCUT2D eigenvalue weighted by atomic mass is 16.5. The van der Waals surface area contributed by atoms with E-state index < -0.39 is 42.7 Å². The van der Waals surface area contributed by atoms with Gasteiger partial charge >= 0.3 is 5.69 Å². The van der Waals surface area contributed by atoms with Crippen molar-refractivity contribution < 1.29 is 28.7 Å². The van der Waals surface area contributed by atoms with Crippen molar-refractivity contribution in [3.05, 3.63) is 149 Å². The molecule has 6 rings (SSSR count). The maximum atomic E-state index is 14.1. The fourth-order valence-corrected chi connectivity index (χ4v) is 6.84. The van der Waals surface area contributed by atoms with E-state index in [1.165, 1.54) is 18.9 Å². The number of nitrogens with zero attached hydrogens (tertiary/aromatic N) is 4. The number of amides is 4. The monoisotopic (exact) mass is 797 g/mol. The second kappa shape index (κ2) is 18.7. The molecule has 14 heteroatoms. The molecule has 5 aromatic carbocycles. The van der Waals surface area contributed by atoms with Crippen molar-refractivity contribution in [1.29, 1.82) is 0 Å². The fraction of sp³-hybridized carbons (Fsp3) is 0.222. The van der Waals surface area contributed by atoms with Gasteiger partial charge in [-0.3, -0.25) is 28.3 Å². The van der Waals surface area contributed by atoms with Crippen LogP contribution in [0.5, 0.6) is 11.5 Å². The van der Waals surface area contributed by atoms with Crippen LogP contribution in [0.1, 0.15) is 11.1 Å². The SMILES string of the molecule is COc1ccc(N(C)C(=O)[C@H](Cc2ccccc2)NC(=O)Cn2c(=O)n(CC(=O)N[C@@H](Cc3ccccc3)C(=O)N(C)c3ccc(OC)cc3)c3cc(N)ccc32)cc1. The molecule has 0 aliphatic carbocycles. The van der Waals surface area contributed by atoms with Crippen LogP contribution >= 0.6 is 0 Å². The number of anilines is 3. The Balaban J connectivity index is 1.24. The van der Waals surface area contributed by atoms with E-state index in [0.29, 0.717) is 39.6 Å². The van der Waals surface area contributed by atoms with Gasteiger partial charge in [-0.15, -0.1) is 0 Å².